The van der Waals surface area contributed by atoms with E-state index in [0.717, 1.165) is 29.6 Å². The molecule has 1 aliphatic rings. The largest absolute Gasteiger partial charge is 0.495 e. The van der Waals surface area contributed by atoms with Gasteiger partial charge in [0.25, 0.3) is 5.91 Å². The lowest BCUT2D eigenvalue weighted by Gasteiger charge is -2.34. The fourth-order valence-corrected chi connectivity index (χ4v) is 3.66. The quantitative estimate of drug-likeness (QED) is 0.801. The molecule has 1 aromatic rings. The van der Waals surface area contributed by atoms with Crippen molar-refractivity contribution in [2.45, 2.75) is 25.3 Å². The Morgan fingerprint density at radius 3 is 3.18 bits per heavy atom. The normalized spacial score (nSPS) is 20.4. The van der Waals surface area contributed by atoms with Crippen LogP contribution in [0, 0.1) is 0 Å². The summed E-state index contributed by atoms with van der Waals surface area (Å²) in [5, 5.41) is 2.76. The molecule has 0 aliphatic carbocycles. The van der Waals surface area contributed by atoms with Gasteiger partial charge in [-0.25, -0.2) is 0 Å². The number of halogens is 1. The van der Waals surface area contributed by atoms with Crippen LogP contribution in [0.15, 0.2) is 11.4 Å². The van der Waals surface area contributed by atoms with Crippen molar-refractivity contribution in [1.29, 1.82) is 0 Å². The Hall–Kier alpha value is -0.550. The van der Waals surface area contributed by atoms with E-state index < -0.39 is 0 Å². The van der Waals surface area contributed by atoms with Crippen LogP contribution in [-0.2, 0) is 0 Å². The number of amides is 1. The molecule has 94 valence electrons. The van der Waals surface area contributed by atoms with E-state index in [0.29, 0.717) is 11.8 Å². The number of alkyl halides is 1. The van der Waals surface area contributed by atoms with Gasteiger partial charge >= 0.3 is 0 Å². The molecule has 3 nitrogen and oxygen atoms in total. The van der Waals surface area contributed by atoms with Gasteiger partial charge in [-0.2, -0.15) is 0 Å². The molecule has 0 aromatic carbocycles. The summed E-state index contributed by atoms with van der Waals surface area (Å²) < 4.78 is 5.22. The first-order valence-corrected chi connectivity index (χ1v) is 7.76. The predicted molar refractivity (Wildman–Crippen MR) is 73.3 cm³/mol. The van der Waals surface area contributed by atoms with Crippen molar-refractivity contribution in [3.05, 3.63) is 16.3 Å². The lowest BCUT2D eigenvalue weighted by atomic mass is 10.0. The van der Waals surface area contributed by atoms with Crippen LogP contribution in [0.2, 0.25) is 0 Å². The summed E-state index contributed by atoms with van der Waals surface area (Å²) in [7, 11) is 1.61. The summed E-state index contributed by atoms with van der Waals surface area (Å²) in [4.78, 5) is 15.1. The van der Waals surface area contributed by atoms with Gasteiger partial charge in [0.2, 0.25) is 0 Å². The van der Waals surface area contributed by atoms with Crippen molar-refractivity contribution in [3.8, 4) is 5.75 Å². The molecule has 1 atom stereocenters. The minimum Gasteiger partial charge on any atom is -0.495 e. The van der Waals surface area contributed by atoms with E-state index >= 15 is 0 Å². The number of hydrogen-bond acceptors (Lipinski definition) is 3. The van der Waals surface area contributed by atoms with Crippen molar-refractivity contribution in [1.82, 2.24) is 4.90 Å². The third-order valence-electron chi connectivity index (χ3n) is 3.11. The first kappa shape index (κ1) is 12.9. The molecule has 1 aliphatic heterocycles. The van der Waals surface area contributed by atoms with Gasteiger partial charge in [0, 0.05) is 17.9 Å². The monoisotopic (exact) mass is 317 g/mol. The van der Waals surface area contributed by atoms with E-state index in [1.54, 1.807) is 7.11 Å². The van der Waals surface area contributed by atoms with Crippen molar-refractivity contribution in [2.24, 2.45) is 0 Å². The summed E-state index contributed by atoms with van der Waals surface area (Å²) in [5.74, 6) is 0.805. The molecule has 0 N–H and O–H groups in total. The highest BCUT2D eigenvalue weighted by molar-refractivity contribution is 9.09. The molecule has 0 bridgehead atoms. The van der Waals surface area contributed by atoms with E-state index in [2.05, 4.69) is 15.9 Å². The van der Waals surface area contributed by atoms with Gasteiger partial charge in [0.1, 0.15) is 10.6 Å². The lowest BCUT2D eigenvalue weighted by Crippen LogP contribution is -2.44. The van der Waals surface area contributed by atoms with Crippen LogP contribution in [0.1, 0.15) is 28.9 Å². The van der Waals surface area contributed by atoms with Crippen molar-refractivity contribution in [3.63, 3.8) is 0 Å². The fourth-order valence-electron chi connectivity index (χ4n) is 2.17. The maximum atomic E-state index is 12.4. The zero-order valence-electron chi connectivity index (χ0n) is 9.82. The van der Waals surface area contributed by atoms with Gasteiger partial charge in [-0.3, -0.25) is 4.79 Å². The van der Waals surface area contributed by atoms with Gasteiger partial charge in [-0.15, -0.1) is 11.3 Å². The Labute approximate surface area is 114 Å². The van der Waals surface area contributed by atoms with E-state index in [-0.39, 0.29) is 5.91 Å². The zero-order chi connectivity index (χ0) is 12.3. The molecular weight excluding hydrogens is 302 g/mol. The molecule has 17 heavy (non-hydrogen) atoms. The van der Waals surface area contributed by atoms with Crippen LogP contribution in [0.4, 0.5) is 0 Å². The Bertz CT molecular complexity index is 394. The van der Waals surface area contributed by atoms with Crippen LogP contribution in [0.5, 0.6) is 5.75 Å². The number of piperidine rings is 1. The highest BCUT2D eigenvalue weighted by Crippen LogP contribution is 2.29. The number of likely N-dealkylation sites (tertiary alicyclic amines) is 1. The second-order valence-electron chi connectivity index (χ2n) is 4.12. The zero-order valence-corrected chi connectivity index (χ0v) is 12.2. The molecule has 1 amide bonds. The standard InChI is InChI=1S/C12H16BrNO2S/c1-16-10-5-7-17-11(10)12(15)14-6-3-2-4-9(14)8-13/h5,7,9H,2-4,6,8H2,1H3. The van der Waals surface area contributed by atoms with Crippen LogP contribution >= 0.6 is 27.3 Å². The number of carbonyl (C=O) groups is 1. The molecule has 5 heteroatoms. The topological polar surface area (TPSA) is 29.5 Å². The highest BCUT2D eigenvalue weighted by Gasteiger charge is 2.28. The van der Waals surface area contributed by atoms with Crippen molar-refractivity contribution in [2.75, 3.05) is 19.0 Å². The maximum absolute atomic E-state index is 12.4. The summed E-state index contributed by atoms with van der Waals surface area (Å²) in [6.07, 6.45) is 3.40. The number of hydrogen-bond donors (Lipinski definition) is 0. The lowest BCUT2D eigenvalue weighted by molar-refractivity contribution is 0.0644. The van der Waals surface area contributed by atoms with Gasteiger partial charge in [0.15, 0.2) is 0 Å². The number of ether oxygens (including phenoxy) is 1. The first-order valence-electron chi connectivity index (χ1n) is 5.76. The summed E-state index contributed by atoms with van der Waals surface area (Å²) >= 11 is 4.95. The second-order valence-corrected chi connectivity index (χ2v) is 5.68. The van der Waals surface area contributed by atoms with Gasteiger partial charge in [-0.05, 0) is 30.7 Å². The Balaban J connectivity index is 2.18. The number of carbonyl (C=O) groups excluding carboxylic acids is 1. The molecule has 2 heterocycles. The van der Waals surface area contributed by atoms with Gasteiger partial charge in [0.05, 0.1) is 7.11 Å². The average molecular weight is 318 g/mol. The van der Waals surface area contributed by atoms with Crippen molar-refractivity contribution >= 4 is 33.2 Å². The van der Waals surface area contributed by atoms with Crippen molar-refractivity contribution < 1.29 is 9.53 Å². The van der Waals surface area contributed by atoms with E-state index in [1.165, 1.54) is 17.8 Å². The van der Waals surface area contributed by atoms with Crippen LogP contribution in [0.25, 0.3) is 0 Å². The predicted octanol–water partition coefficient (Wildman–Crippen LogP) is 3.15. The SMILES string of the molecule is COc1ccsc1C(=O)N1CCCCC1CBr. The molecule has 1 saturated heterocycles. The van der Waals surface area contributed by atoms with Crippen LogP contribution in [-0.4, -0.2) is 35.8 Å². The molecule has 0 saturated carbocycles. The minimum absolute atomic E-state index is 0.112. The molecule has 1 unspecified atom stereocenters. The molecular formula is C12H16BrNO2S. The van der Waals surface area contributed by atoms with Crippen LogP contribution in [0.3, 0.4) is 0 Å². The Morgan fingerprint density at radius 2 is 2.47 bits per heavy atom. The van der Waals surface area contributed by atoms with Gasteiger partial charge in [-0.1, -0.05) is 15.9 Å². The maximum Gasteiger partial charge on any atom is 0.268 e. The first-order chi connectivity index (χ1) is 8.27. The van der Waals surface area contributed by atoms with Crippen LogP contribution < -0.4 is 4.74 Å². The smallest absolute Gasteiger partial charge is 0.268 e. The second kappa shape index (κ2) is 5.87. The number of thiophene rings is 1. The molecule has 0 spiro atoms. The number of methoxy groups -OCH3 is 1. The third kappa shape index (κ3) is 2.65. The minimum atomic E-state index is 0.112. The van der Waals surface area contributed by atoms with E-state index in [4.69, 9.17) is 4.74 Å². The van der Waals surface area contributed by atoms with E-state index in [1.807, 2.05) is 16.3 Å². The molecule has 1 fully saturated rings. The van der Waals surface area contributed by atoms with E-state index in [9.17, 15) is 4.79 Å². The number of nitrogens with zero attached hydrogens (tertiary/aromatic N) is 1. The Morgan fingerprint density at radius 1 is 1.65 bits per heavy atom. The van der Waals surface area contributed by atoms with Gasteiger partial charge < -0.3 is 9.64 Å². The summed E-state index contributed by atoms with van der Waals surface area (Å²) in [5.41, 5.74) is 0. The molecule has 2 rings (SSSR count). The fraction of sp³-hybridized carbons (Fsp3) is 0.583. The molecule has 0 radical (unpaired) electrons. The molecule has 1 aromatic heterocycles. The summed E-state index contributed by atoms with van der Waals surface area (Å²) in [6, 6.07) is 2.17. The highest BCUT2D eigenvalue weighted by atomic mass is 79.9. The Kier molecular flexibility index (Phi) is 4.45. The summed E-state index contributed by atoms with van der Waals surface area (Å²) in [6.45, 7) is 0.857. The third-order valence-corrected chi connectivity index (χ3v) is 4.74. The average Bonchev–Trinajstić information content (AvgIpc) is 2.86. The number of rotatable bonds is 3.